The van der Waals surface area contributed by atoms with Gasteiger partial charge in [-0.2, -0.15) is 0 Å². The molecule has 1 aliphatic heterocycles. The molecule has 1 aromatic carbocycles. The SMILES string of the molecule is CN(CC(=O)N1CCCC1)Cc1cc(N)cc(Br)c1. The minimum Gasteiger partial charge on any atom is -0.399 e. The van der Waals surface area contributed by atoms with E-state index in [-0.39, 0.29) is 5.91 Å². The number of likely N-dealkylation sites (tertiary alicyclic amines) is 1. The Morgan fingerprint density at radius 2 is 2.05 bits per heavy atom. The number of nitrogen functional groups attached to an aromatic ring is 1. The third kappa shape index (κ3) is 4.21. The van der Waals surface area contributed by atoms with Crippen LogP contribution in [0.4, 0.5) is 5.69 Å². The van der Waals surface area contributed by atoms with Crippen molar-refractivity contribution >= 4 is 27.5 Å². The van der Waals surface area contributed by atoms with Crippen molar-refractivity contribution in [3.8, 4) is 0 Å². The molecule has 0 atom stereocenters. The lowest BCUT2D eigenvalue weighted by Crippen LogP contribution is -2.36. The Balaban J connectivity index is 1.89. The summed E-state index contributed by atoms with van der Waals surface area (Å²) < 4.78 is 0.974. The Bertz CT molecular complexity index is 438. The molecule has 1 fully saturated rings. The van der Waals surface area contributed by atoms with Crippen molar-refractivity contribution in [1.29, 1.82) is 0 Å². The maximum Gasteiger partial charge on any atom is 0.236 e. The molecule has 0 spiro atoms. The predicted molar refractivity (Wildman–Crippen MR) is 80.7 cm³/mol. The third-order valence-electron chi connectivity index (χ3n) is 3.30. The van der Waals surface area contributed by atoms with Crippen LogP contribution in [-0.2, 0) is 11.3 Å². The van der Waals surface area contributed by atoms with E-state index in [1.807, 2.05) is 35.0 Å². The van der Waals surface area contributed by atoms with Crippen LogP contribution < -0.4 is 5.73 Å². The minimum absolute atomic E-state index is 0.225. The molecule has 1 aliphatic rings. The van der Waals surface area contributed by atoms with Gasteiger partial charge in [-0.15, -0.1) is 0 Å². The number of hydrogen-bond donors (Lipinski definition) is 1. The average Bonchev–Trinajstić information content (AvgIpc) is 2.80. The minimum atomic E-state index is 0.225. The summed E-state index contributed by atoms with van der Waals surface area (Å²) >= 11 is 3.43. The summed E-state index contributed by atoms with van der Waals surface area (Å²) in [5.41, 5.74) is 7.67. The summed E-state index contributed by atoms with van der Waals surface area (Å²) in [5, 5.41) is 0. The molecule has 1 amide bonds. The molecule has 0 saturated carbocycles. The molecule has 1 heterocycles. The Hall–Kier alpha value is -1.07. The Labute approximate surface area is 122 Å². The number of rotatable bonds is 4. The van der Waals surface area contributed by atoms with Gasteiger partial charge in [0.05, 0.1) is 6.54 Å². The number of anilines is 1. The largest absolute Gasteiger partial charge is 0.399 e. The van der Waals surface area contributed by atoms with Crippen LogP contribution in [0.5, 0.6) is 0 Å². The number of halogens is 1. The van der Waals surface area contributed by atoms with Crippen molar-refractivity contribution in [3.05, 3.63) is 28.2 Å². The Kier molecular flexibility index (Phi) is 4.82. The molecule has 1 saturated heterocycles. The summed E-state index contributed by atoms with van der Waals surface area (Å²) in [5.74, 6) is 0.225. The van der Waals surface area contributed by atoms with E-state index in [4.69, 9.17) is 5.73 Å². The molecule has 5 heteroatoms. The van der Waals surface area contributed by atoms with Gasteiger partial charge >= 0.3 is 0 Å². The zero-order valence-corrected chi connectivity index (χ0v) is 12.8. The zero-order valence-electron chi connectivity index (χ0n) is 11.2. The second-order valence-electron chi connectivity index (χ2n) is 5.15. The van der Waals surface area contributed by atoms with Gasteiger partial charge < -0.3 is 10.6 Å². The highest BCUT2D eigenvalue weighted by atomic mass is 79.9. The molecular weight excluding hydrogens is 306 g/mol. The van der Waals surface area contributed by atoms with E-state index in [0.29, 0.717) is 6.54 Å². The van der Waals surface area contributed by atoms with Crippen LogP contribution in [0.25, 0.3) is 0 Å². The summed E-state index contributed by atoms with van der Waals surface area (Å²) in [4.78, 5) is 16.0. The standard InChI is InChI=1S/C14H20BrN3O/c1-17(10-14(19)18-4-2-3-5-18)9-11-6-12(15)8-13(16)7-11/h6-8H,2-5,9-10,16H2,1H3. The molecule has 0 unspecified atom stereocenters. The van der Waals surface area contributed by atoms with Crippen molar-refractivity contribution in [2.24, 2.45) is 0 Å². The highest BCUT2D eigenvalue weighted by Gasteiger charge is 2.19. The molecule has 0 aliphatic carbocycles. The topological polar surface area (TPSA) is 49.6 Å². The van der Waals surface area contributed by atoms with Crippen molar-refractivity contribution in [1.82, 2.24) is 9.80 Å². The normalized spacial score (nSPS) is 15.2. The highest BCUT2D eigenvalue weighted by Crippen LogP contribution is 2.18. The number of nitrogens with zero attached hydrogens (tertiary/aromatic N) is 2. The maximum atomic E-state index is 12.0. The summed E-state index contributed by atoms with van der Waals surface area (Å²) in [6, 6.07) is 5.85. The van der Waals surface area contributed by atoms with Crippen molar-refractivity contribution < 1.29 is 4.79 Å². The lowest BCUT2D eigenvalue weighted by molar-refractivity contribution is -0.131. The van der Waals surface area contributed by atoms with E-state index in [1.165, 1.54) is 0 Å². The summed E-state index contributed by atoms with van der Waals surface area (Å²) in [6.07, 6.45) is 2.27. The molecule has 0 radical (unpaired) electrons. The first-order valence-corrected chi connectivity index (χ1v) is 7.35. The average molecular weight is 326 g/mol. The fourth-order valence-corrected chi connectivity index (χ4v) is 2.99. The summed E-state index contributed by atoms with van der Waals surface area (Å²) in [7, 11) is 1.96. The van der Waals surface area contributed by atoms with E-state index in [1.54, 1.807) is 0 Å². The van der Waals surface area contributed by atoms with Gasteiger partial charge in [-0.3, -0.25) is 9.69 Å². The number of carbonyl (C=O) groups is 1. The van der Waals surface area contributed by atoms with Crippen LogP contribution in [0.15, 0.2) is 22.7 Å². The monoisotopic (exact) mass is 325 g/mol. The predicted octanol–water partition coefficient (Wildman–Crippen LogP) is 2.09. The van der Waals surface area contributed by atoms with Gasteiger partial charge in [-0.1, -0.05) is 15.9 Å². The van der Waals surface area contributed by atoms with Crippen LogP contribution in [0.3, 0.4) is 0 Å². The first kappa shape index (κ1) is 14.3. The fraction of sp³-hybridized carbons (Fsp3) is 0.500. The lowest BCUT2D eigenvalue weighted by atomic mass is 10.2. The first-order chi connectivity index (χ1) is 9.04. The number of benzene rings is 1. The first-order valence-electron chi connectivity index (χ1n) is 6.56. The van der Waals surface area contributed by atoms with Gasteiger partial charge in [0.25, 0.3) is 0 Å². The van der Waals surface area contributed by atoms with Gasteiger partial charge in [0.2, 0.25) is 5.91 Å². The molecule has 1 aromatic rings. The number of hydrogen-bond acceptors (Lipinski definition) is 3. The molecule has 19 heavy (non-hydrogen) atoms. The molecule has 0 bridgehead atoms. The van der Waals surface area contributed by atoms with Gasteiger partial charge in [0.15, 0.2) is 0 Å². The molecule has 4 nitrogen and oxygen atoms in total. The lowest BCUT2D eigenvalue weighted by Gasteiger charge is -2.21. The molecule has 2 rings (SSSR count). The number of likely N-dealkylation sites (N-methyl/N-ethyl adjacent to an activating group) is 1. The fourth-order valence-electron chi connectivity index (χ4n) is 2.43. The van der Waals surface area contributed by atoms with Gasteiger partial charge in [0, 0.05) is 29.8 Å². The third-order valence-corrected chi connectivity index (χ3v) is 3.75. The summed E-state index contributed by atoms with van der Waals surface area (Å²) in [6.45, 7) is 3.02. The van der Waals surface area contributed by atoms with E-state index in [2.05, 4.69) is 15.9 Å². The number of carbonyl (C=O) groups excluding carboxylic acids is 1. The second kappa shape index (κ2) is 6.39. The van der Waals surface area contributed by atoms with Crippen molar-refractivity contribution in [2.45, 2.75) is 19.4 Å². The van der Waals surface area contributed by atoms with Crippen LogP contribution >= 0.6 is 15.9 Å². The maximum absolute atomic E-state index is 12.0. The smallest absolute Gasteiger partial charge is 0.236 e. The van der Waals surface area contributed by atoms with Crippen LogP contribution in [-0.4, -0.2) is 42.4 Å². The van der Waals surface area contributed by atoms with E-state index < -0.39 is 0 Å². The Morgan fingerprint density at radius 3 is 2.68 bits per heavy atom. The number of nitrogens with two attached hydrogens (primary N) is 1. The Morgan fingerprint density at radius 1 is 1.37 bits per heavy atom. The molecule has 104 valence electrons. The van der Waals surface area contributed by atoms with Gasteiger partial charge in [0.1, 0.15) is 0 Å². The van der Waals surface area contributed by atoms with Crippen LogP contribution in [0.2, 0.25) is 0 Å². The van der Waals surface area contributed by atoms with Crippen molar-refractivity contribution in [3.63, 3.8) is 0 Å². The van der Waals surface area contributed by atoms with Crippen LogP contribution in [0, 0.1) is 0 Å². The van der Waals surface area contributed by atoms with E-state index in [0.717, 1.165) is 48.2 Å². The molecule has 0 aromatic heterocycles. The van der Waals surface area contributed by atoms with Gasteiger partial charge in [-0.25, -0.2) is 0 Å². The molecular formula is C14H20BrN3O. The van der Waals surface area contributed by atoms with E-state index in [9.17, 15) is 4.79 Å². The quantitative estimate of drug-likeness (QED) is 0.862. The second-order valence-corrected chi connectivity index (χ2v) is 6.07. The highest BCUT2D eigenvalue weighted by molar-refractivity contribution is 9.10. The van der Waals surface area contributed by atoms with Crippen LogP contribution in [0.1, 0.15) is 18.4 Å². The van der Waals surface area contributed by atoms with Gasteiger partial charge in [-0.05, 0) is 43.7 Å². The zero-order chi connectivity index (χ0) is 13.8. The van der Waals surface area contributed by atoms with E-state index >= 15 is 0 Å². The van der Waals surface area contributed by atoms with Crippen molar-refractivity contribution in [2.75, 3.05) is 32.4 Å². The number of amides is 1. The molecule has 2 N–H and O–H groups in total.